The van der Waals surface area contributed by atoms with E-state index in [0.717, 1.165) is 11.1 Å². The van der Waals surface area contributed by atoms with Crippen LogP contribution in [-0.2, 0) is 32.1 Å². The van der Waals surface area contributed by atoms with Crippen molar-refractivity contribution in [2.75, 3.05) is 6.54 Å². The van der Waals surface area contributed by atoms with Crippen LogP contribution in [0.4, 0.5) is 4.79 Å². The van der Waals surface area contributed by atoms with Crippen LogP contribution >= 0.6 is 0 Å². The minimum absolute atomic E-state index is 0.100. The van der Waals surface area contributed by atoms with E-state index in [-0.39, 0.29) is 19.6 Å². The first-order valence-electron chi connectivity index (χ1n) is 9.73. The molecule has 0 saturated heterocycles. The van der Waals surface area contributed by atoms with E-state index in [9.17, 15) is 14.4 Å². The maximum atomic E-state index is 12.5. The Bertz CT molecular complexity index is 832. The molecule has 30 heavy (non-hydrogen) atoms. The summed E-state index contributed by atoms with van der Waals surface area (Å²) in [5, 5.41) is 5.02. The van der Waals surface area contributed by atoms with Crippen molar-refractivity contribution in [2.45, 2.75) is 45.4 Å². The second kappa shape index (κ2) is 11.0. The predicted octanol–water partition coefficient (Wildman–Crippen LogP) is 2.98. The molecule has 1 atom stereocenters. The van der Waals surface area contributed by atoms with Gasteiger partial charge in [-0.2, -0.15) is 0 Å². The first-order chi connectivity index (χ1) is 14.2. The van der Waals surface area contributed by atoms with Crippen LogP contribution in [0.1, 0.15) is 31.9 Å². The van der Waals surface area contributed by atoms with Crippen molar-refractivity contribution in [1.29, 1.82) is 0 Å². The van der Waals surface area contributed by atoms with E-state index in [4.69, 9.17) is 9.47 Å². The van der Waals surface area contributed by atoms with Gasteiger partial charge in [0.1, 0.15) is 24.8 Å². The highest BCUT2D eigenvalue weighted by Crippen LogP contribution is 2.11. The van der Waals surface area contributed by atoms with Gasteiger partial charge in [-0.15, -0.1) is 0 Å². The Hall–Kier alpha value is -3.35. The normalized spacial score (nSPS) is 11.8. The fraction of sp³-hybridized carbons (Fsp3) is 0.348. The topological polar surface area (TPSA) is 93.7 Å². The number of carbonyl (C=O) groups excluding carboxylic acids is 3. The third-order valence-electron chi connectivity index (χ3n) is 3.92. The molecule has 0 aliphatic heterocycles. The molecule has 0 fully saturated rings. The molecule has 2 rings (SSSR count). The van der Waals surface area contributed by atoms with Crippen LogP contribution in [0, 0.1) is 0 Å². The third-order valence-corrected chi connectivity index (χ3v) is 3.92. The first kappa shape index (κ1) is 22.9. The minimum atomic E-state index is -0.874. The second-order valence-corrected chi connectivity index (χ2v) is 7.76. The van der Waals surface area contributed by atoms with Gasteiger partial charge in [-0.1, -0.05) is 60.7 Å². The molecular formula is C23H28N2O5. The highest BCUT2D eigenvalue weighted by atomic mass is 16.6. The van der Waals surface area contributed by atoms with E-state index in [1.807, 2.05) is 60.7 Å². The van der Waals surface area contributed by atoms with Gasteiger partial charge in [0.2, 0.25) is 5.91 Å². The summed E-state index contributed by atoms with van der Waals surface area (Å²) < 4.78 is 10.5. The van der Waals surface area contributed by atoms with E-state index >= 15 is 0 Å². The van der Waals surface area contributed by atoms with Crippen molar-refractivity contribution < 1.29 is 23.9 Å². The molecule has 2 N–H and O–H groups in total. The molecule has 2 amide bonds. The Morgan fingerprint density at radius 3 is 2.03 bits per heavy atom. The summed E-state index contributed by atoms with van der Waals surface area (Å²) in [7, 11) is 0. The maximum Gasteiger partial charge on any atom is 0.407 e. The molecule has 2 aromatic rings. The molecule has 0 aromatic heterocycles. The lowest BCUT2D eigenvalue weighted by Crippen LogP contribution is -2.48. The number of rotatable bonds is 8. The number of hydrogen-bond donors (Lipinski definition) is 2. The lowest BCUT2D eigenvalue weighted by atomic mass is 10.1. The molecule has 0 bridgehead atoms. The molecule has 0 heterocycles. The van der Waals surface area contributed by atoms with Crippen LogP contribution in [0.15, 0.2) is 60.7 Å². The van der Waals surface area contributed by atoms with Crippen molar-refractivity contribution in [3.05, 3.63) is 71.8 Å². The molecule has 0 saturated carbocycles. The summed E-state index contributed by atoms with van der Waals surface area (Å²) in [6.07, 6.45) is -0.439. The zero-order chi connectivity index (χ0) is 22.0. The van der Waals surface area contributed by atoms with Crippen LogP contribution in [-0.4, -0.2) is 36.2 Å². The van der Waals surface area contributed by atoms with Crippen molar-refractivity contribution in [3.8, 4) is 0 Å². The van der Waals surface area contributed by atoms with Gasteiger partial charge >= 0.3 is 12.1 Å². The quantitative estimate of drug-likeness (QED) is 0.650. The van der Waals surface area contributed by atoms with Crippen molar-refractivity contribution in [1.82, 2.24) is 10.6 Å². The van der Waals surface area contributed by atoms with E-state index < -0.39 is 29.6 Å². The van der Waals surface area contributed by atoms with Crippen LogP contribution in [0.25, 0.3) is 0 Å². The van der Waals surface area contributed by atoms with Crippen molar-refractivity contribution >= 4 is 18.0 Å². The molecular weight excluding hydrogens is 384 g/mol. The van der Waals surface area contributed by atoms with Crippen LogP contribution in [0.5, 0.6) is 0 Å². The number of benzene rings is 2. The number of carbonyl (C=O) groups is 3. The number of nitrogens with one attached hydrogen (secondary N) is 2. The molecule has 160 valence electrons. The molecule has 7 heteroatoms. The number of alkyl carbamates (subject to hydrolysis) is 1. The van der Waals surface area contributed by atoms with Gasteiger partial charge in [0, 0.05) is 6.42 Å². The van der Waals surface area contributed by atoms with E-state index in [1.165, 1.54) is 0 Å². The molecule has 0 spiro atoms. The Morgan fingerprint density at radius 1 is 0.900 bits per heavy atom. The van der Waals surface area contributed by atoms with Gasteiger partial charge in [-0.25, -0.2) is 9.59 Å². The van der Waals surface area contributed by atoms with Gasteiger partial charge < -0.3 is 20.1 Å². The Morgan fingerprint density at radius 2 is 1.47 bits per heavy atom. The molecule has 2 aromatic carbocycles. The van der Waals surface area contributed by atoms with Gasteiger partial charge in [0.05, 0.1) is 0 Å². The Labute approximate surface area is 176 Å². The minimum Gasteiger partial charge on any atom is -0.458 e. The average Bonchev–Trinajstić information content (AvgIpc) is 2.70. The van der Waals surface area contributed by atoms with E-state index in [2.05, 4.69) is 10.6 Å². The predicted molar refractivity (Wildman–Crippen MR) is 113 cm³/mol. The number of ether oxygens (including phenoxy) is 2. The lowest BCUT2D eigenvalue weighted by Gasteiger charge is -2.24. The number of esters is 1. The van der Waals surface area contributed by atoms with Gasteiger partial charge in [0.25, 0.3) is 0 Å². The van der Waals surface area contributed by atoms with Crippen molar-refractivity contribution in [2.24, 2.45) is 0 Å². The highest BCUT2D eigenvalue weighted by molar-refractivity contribution is 5.87. The summed E-state index contributed by atoms with van der Waals surface area (Å²) >= 11 is 0. The summed E-state index contributed by atoms with van der Waals surface area (Å²) in [6.45, 7) is 5.06. The fourth-order valence-corrected chi connectivity index (χ4v) is 2.59. The van der Waals surface area contributed by atoms with Gasteiger partial charge in [-0.05, 0) is 31.9 Å². The fourth-order valence-electron chi connectivity index (χ4n) is 2.59. The largest absolute Gasteiger partial charge is 0.458 e. The molecule has 0 aliphatic rings. The van der Waals surface area contributed by atoms with Crippen LogP contribution in [0.3, 0.4) is 0 Å². The molecule has 0 aliphatic carbocycles. The molecule has 7 nitrogen and oxygen atoms in total. The zero-order valence-corrected chi connectivity index (χ0v) is 17.5. The third kappa shape index (κ3) is 8.77. The van der Waals surface area contributed by atoms with Gasteiger partial charge in [0.15, 0.2) is 0 Å². The molecule has 0 radical (unpaired) electrons. The number of hydrogen-bond acceptors (Lipinski definition) is 5. The zero-order valence-electron chi connectivity index (χ0n) is 17.5. The lowest BCUT2D eigenvalue weighted by molar-refractivity contribution is -0.158. The maximum absolute atomic E-state index is 12.5. The molecule has 0 unspecified atom stereocenters. The van der Waals surface area contributed by atoms with E-state index in [0.29, 0.717) is 0 Å². The standard InChI is InChI=1S/C23H28N2O5/c1-23(2,3)30-21(27)19(14-17-10-6-4-7-11-17)25-20(26)15-24-22(28)29-16-18-12-8-5-9-13-18/h4-13,19H,14-16H2,1-3H3,(H,24,28)(H,25,26)/t19-/m1/s1. The summed E-state index contributed by atoms with van der Waals surface area (Å²) in [5.74, 6) is -1.05. The van der Waals surface area contributed by atoms with Gasteiger partial charge in [-0.3, -0.25) is 4.79 Å². The van der Waals surface area contributed by atoms with Crippen LogP contribution in [0.2, 0.25) is 0 Å². The summed E-state index contributed by atoms with van der Waals surface area (Å²) in [6, 6.07) is 17.6. The highest BCUT2D eigenvalue weighted by Gasteiger charge is 2.27. The van der Waals surface area contributed by atoms with Crippen molar-refractivity contribution in [3.63, 3.8) is 0 Å². The number of amides is 2. The summed E-state index contributed by atoms with van der Waals surface area (Å²) in [5.41, 5.74) is 1.03. The average molecular weight is 412 g/mol. The second-order valence-electron chi connectivity index (χ2n) is 7.76. The smallest absolute Gasteiger partial charge is 0.407 e. The Balaban J connectivity index is 1.87. The first-order valence-corrected chi connectivity index (χ1v) is 9.73. The summed E-state index contributed by atoms with van der Waals surface area (Å²) in [4.78, 5) is 36.7. The van der Waals surface area contributed by atoms with E-state index in [1.54, 1.807) is 20.8 Å². The monoisotopic (exact) mass is 412 g/mol. The van der Waals surface area contributed by atoms with Crippen LogP contribution < -0.4 is 10.6 Å². The SMILES string of the molecule is CC(C)(C)OC(=O)[C@@H](Cc1ccccc1)NC(=O)CNC(=O)OCc1ccccc1. The Kier molecular flexibility index (Phi) is 8.41.